The minimum Gasteiger partial charge on any atom is -0.468 e. The van der Waals surface area contributed by atoms with Crippen molar-refractivity contribution in [3.8, 4) is 0 Å². The molecule has 3 atom stereocenters. The van der Waals surface area contributed by atoms with Crippen LogP contribution in [-0.4, -0.2) is 57.3 Å². The van der Waals surface area contributed by atoms with E-state index in [-0.39, 0.29) is 17.6 Å². The minimum atomic E-state index is 0.121. The molecule has 1 fully saturated rings. The first kappa shape index (κ1) is 21.8. The monoisotopic (exact) mass is 378 g/mol. The molecule has 6 heteroatoms. The third-order valence-corrected chi connectivity index (χ3v) is 5.09. The summed E-state index contributed by atoms with van der Waals surface area (Å²) >= 11 is 0. The largest absolute Gasteiger partial charge is 0.468 e. The van der Waals surface area contributed by atoms with Crippen molar-refractivity contribution in [2.24, 2.45) is 16.3 Å². The molecule has 1 aromatic heterocycles. The van der Waals surface area contributed by atoms with Gasteiger partial charge in [-0.15, -0.1) is 0 Å². The van der Waals surface area contributed by atoms with Gasteiger partial charge in [-0.2, -0.15) is 0 Å². The second kappa shape index (κ2) is 10.1. The molecular weight excluding hydrogens is 340 g/mol. The number of aliphatic imine (C=N–C) groups is 1. The van der Waals surface area contributed by atoms with E-state index in [0.717, 1.165) is 37.8 Å². The van der Waals surface area contributed by atoms with E-state index in [2.05, 4.69) is 57.3 Å². The summed E-state index contributed by atoms with van der Waals surface area (Å²) in [5.74, 6) is 2.29. The predicted molar refractivity (Wildman–Crippen MR) is 111 cm³/mol. The number of ether oxygens (including phenoxy) is 1. The summed E-state index contributed by atoms with van der Waals surface area (Å²) in [6, 6.07) is 4.05. The van der Waals surface area contributed by atoms with Crippen LogP contribution in [0.15, 0.2) is 27.8 Å². The second-order valence-electron chi connectivity index (χ2n) is 8.66. The molecule has 6 nitrogen and oxygen atoms in total. The zero-order valence-electron chi connectivity index (χ0n) is 17.9. The van der Waals surface area contributed by atoms with Gasteiger partial charge in [0.25, 0.3) is 0 Å². The van der Waals surface area contributed by atoms with E-state index in [1.807, 2.05) is 12.1 Å². The number of likely N-dealkylation sites (N-methyl/N-ethyl adjacent to an activating group) is 1. The standard InChI is InChI=1S/C21H38N4O2/c1-7-22-20(24-15-17(25(5)6)18-11-9-12-26-18)23-14-16-10-8-13-27-19(16)21(2,3)4/h9,11-12,16-17,19H,7-8,10,13-15H2,1-6H3,(H2,22,23,24). The van der Waals surface area contributed by atoms with Crippen LogP contribution < -0.4 is 10.6 Å². The van der Waals surface area contributed by atoms with E-state index in [0.29, 0.717) is 12.5 Å². The zero-order valence-corrected chi connectivity index (χ0v) is 17.9. The molecule has 2 N–H and O–H groups in total. The molecule has 0 aromatic carbocycles. The fraction of sp³-hybridized carbons (Fsp3) is 0.762. The lowest BCUT2D eigenvalue weighted by Crippen LogP contribution is -2.47. The Morgan fingerprint density at radius 2 is 2.11 bits per heavy atom. The van der Waals surface area contributed by atoms with Gasteiger partial charge in [-0.3, -0.25) is 9.89 Å². The van der Waals surface area contributed by atoms with Gasteiger partial charge in [-0.1, -0.05) is 20.8 Å². The molecule has 1 aliphatic rings. The van der Waals surface area contributed by atoms with E-state index in [1.165, 1.54) is 6.42 Å². The first-order chi connectivity index (χ1) is 12.8. The minimum absolute atomic E-state index is 0.121. The molecular formula is C21H38N4O2. The number of nitrogens with one attached hydrogen (secondary N) is 2. The maximum Gasteiger partial charge on any atom is 0.191 e. The van der Waals surface area contributed by atoms with Crippen LogP contribution in [0.3, 0.4) is 0 Å². The van der Waals surface area contributed by atoms with E-state index in [9.17, 15) is 0 Å². The van der Waals surface area contributed by atoms with Gasteiger partial charge in [0.15, 0.2) is 5.96 Å². The van der Waals surface area contributed by atoms with Crippen molar-refractivity contribution in [1.29, 1.82) is 0 Å². The normalized spacial score (nSPS) is 22.7. The van der Waals surface area contributed by atoms with Crippen molar-refractivity contribution in [2.75, 3.05) is 40.3 Å². The number of nitrogens with zero attached hydrogens (tertiary/aromatic N) is 2. The molecule has 0 radical (unpaired) electrons. The van der Waals surface area contributed by atoms with E-state index in [1.54, 1.807) is 6.26 Å². The van der Waals surface area contributed by atoms with Crippen molar-refractivity contribution in [1.82, 2.24) is 15.5 Å². The van der Waals surface area contributed by atoms with Gasteiger partial charge in [-0.05, 0) is 51.4 Å². The highest BCUT2D eigenvalue weighted by Gasteiger charge is 2.35. The highest BCUT2D eigenvalue weighted by Crippen LogP contribution is 2.33. The Balaban J connectivity index is 2.00. The average molecular weight is 379 g/mol. The topological polar surface area (TPSA) is 62.0 Å². The summed E-state index contributed by atoms with van der Waals surface area (Å²) in [7, 11) is 4.10. The van der Waals surface area contributed by atoms with E-state index in [4.69, 9.17) is 14.1 Å². The molecule has 1 aliphatic heterocycles. The second-order valence-corrected chi connectivity index (χ2v) is 8.66. The van der Waals surface area contributed by atoms with Crippen LogP contribution in [0, 0.1) is 11.3 Å². The number of guanidine groups is 1. The molecule has 0 amide bonds. The van der Waals surface area contributed by atoms with Gasteiger partial charge in [0.05, 0.1) is 25.0 Å². The number of hydrogen-bond donors (Lipinski definition) is 2. The van der Waals surface area contributed by atoms with Crippen molar-refractivity contribution < 1.29 is 9.15 Å². The van der Waals surface area contributed by atoms with Crippen LogP contribution in [0.1, 0.15) is 52.3 Å². The summed E-state index contributed by atoms with van der Waals surface area (Å²) in [4.78, 5) is 6.95. The first-order valence-electron chi connectivity index (χ1n) is 10.2. The number of hydrogen-bond acceptors (Lipinski definition) is 4. The molecule has 154 valence electrons. The Morgan fingerprint density at radius 3 is 2.70 bits per heavy atom. The molecule has 0 bridgehead atoms. The van der Waals surface area contributed by atoms with Gasteiger partial charge >= 0.3 is 0 Å². The maximum absolute atomic E-state index is 6.11. The quantitative estimate of drug-likeness (QED) is 0.563. The summed E-state index contributed by atoms with van der Waals surface area (Å²) in [5, 5.41) is 6.91. The molecule has 2 rings (SSSR count). The lowest BCUT2D eigenvalue weighted by molar-refractivity contribution is -0.0835. The highest BCUT2D eigenvalue weighted by molar-refractivity contribution is 5.79. The van der Waals surface area contributed by atoms with Crippen LogP contribution >= 0.6 is 0 Å². The molecule has 0 aliphatic carbocycles. The van der Waals surface area contributed by atoms with E-state index < -0.39 is 0 Å². The van der Waals surface area contributed by atoms with Gasteiger partial charge < -0.3 is 19.8 Å². The van der Waals surface area contributed by atoms with Crippen LogP contribution in [0.4, 0.5) is 0 Å². The Labute approximate surface area is 164 Å². The van der Waals surface area contributed by atoms with Crippen LogP contribution in [0.25, 0.3) is 0 Å². The van der Waals surface area contributed by atoms with Gasteiger partial charge in [0, 0.05) is 25.6 Å². The molecule has 2 heterocycles. The summed E-state index contributed by atoms with van der Waals surface area (Å²) in [6.07, 6.45) is 4.32. The Bertz CT molecular complexity index is 563. The fourth-order valence-electron chi connectivity index (χ4n) is 3.75. The summed E-state index contributed by atoms with van der Waals surface area (Å²) in [5.41, 5.74) is 0.150. The third-order valence-electron chi connectivity index (χ3n) is 5.09. The lowest BCUT2D eigenvalue weighted by atomic mass is 9.78. The molecule has 27 heavy (non-hydrogen) atoms. The molecule has 1 saturated heterocycles. The zero-order chi connectivity index (χ0) is 19.9. The summed E-state index contributed by atoms with van der Waals surface area (Å²) < 4.78 is 11.7. The Hall–Kier alpha value is -1.53. The predicted octanol–water partition coefficient (Wildman–Crippen LogP) is 3.28. The first-order valence-corrected chi connectivity index (χ1v) is 10.2. The molecule has 0 spiro atoms. The average Bonchev–Trinajstić information content (AvgIpc) is 3.13. The highest BCUT2D eigenvalue weighted by atomic mass is 16.5. The third kappa shape index (κ3) is 6.54. The van der Waals surface area contributed by atoms with Gasteiger partial charge in [0.2, 0.25) is 0 Å². The van der Waals surface area contributed by atoms with Crippen molar-refractivity contribution >= 4 is 5.96 Å². The van der Waals surface area contributed by atoms with Crippen LogP contribution in [0.2, 0.25) is 0 Å². The van der Waals surface area contributed by atoms with Crippen LogP contribution in [-0.2, 0) is 4.74 Å². The Kier molecular flexibility index (Phi) is 8.17. The maximum atomic E-state index is 6.11. The molecule has 0 saturated carbocycles. The Morgan fingerprint density at radius 1 is 1.33 bits per heavy atom. The van der Waals surface area contributed by atoms with Crippen molar-refractivity contribution in [2.45, 2.75) is 52.7 Å². The lowest BCUT2D eigenvalue weighted by Gasteiger charge is -2.40. The summed E-state index contributed by atoms with van der Waals surface area (Å²) in [6.45, 7) is 12.1. The van der Waals surface area contributed by atoms with Crippen LogP contribution in [0.5, 0.6) is 0 Å². The van der Waals surface area contributed by atoms with E-state index >= 15 is 0 Å². The number of furan rings is 1. The fourth-order valence-corrected chi connectivity index (χ4v) is 3.75. The molecule has 1 aromatic rings. The number of rotatable bonds is 7. The van der Waals surface area contributed by atoms with Crippen molar-refractivity contribution in [3.63, 3.8) is 0 Å². The molecule has 3 unspecified atom stereocenters. The van der Waals surface area contributed by atoms with Gasteiger partial charge in [0.1, 0.15) is 5.76 Å². The van der Waals surface area contributed by atoms with Crippen molar-refractivity contribution in [3.05, 3.63) is 24.2 Å². The smallest absolute Gasteiger partial charge is 0.191 e. The SMILES string of the molecule is CCNC(=NCC(c1ccco1)N(C)C)NCC1CCCOC1C(C)(C)C. The van der Waals surface area contributed by atoms with Gasteiger partial charge in [-0.25, -0.2) is 0 Å².